The van der Waals surface area contributed by atoms with Gasteiger partial charge in [-0.3, -0.25) is 9.69 Å². The lowest BCUT2D eigenvalue weighted by atomic mass is 10.2. The van der Waals surface area contributed by atoms with Gasteiger partial charge in [-0.2, -0.15) is 5.26 Å². The standard InChI is InChI=1S/C15H22N4OS/c1-11(2)19(9-13-4-3-6-17-13)10-14(20)18-15-12(8-16)5-7-21-15/h5,7,11,13,17H,3-4,6,9-10H2,1-2H3,(H,18,20). The molecule has 0 spiro atoms. The lowest BCUT2D eigenvalue weighted by Gasteiger charge is -2.28. The summed E-state index contributed by atoms with van der Waals surface area (Å²) in [6, 6.07) is 4.61. The van der Waals surface area contributed by atoms with E-state index in [1.807, 2.05) is 5.38 Å². The van der Waals surface area contributed by atoms with E-state index in [-0.39, 0.29) is 5.91 Å². The van der Waals surface area contributed by atoms with Crippen LogP contribution < -0.4 is 10.6 Å². The molecule has 21 heavy (non-hydrogen) atoms. The molecule has 114 valence electrons. The van der Waals surface area contributed by atoms with Crippen LogP contribution >= 0.6 is 11.3 Å². The summed E-state index contributed by atoms with van der Waals surface area (Å²) < 4.78 is 0. The number of rotatable bonds is 6. The van der Waals surface area contributed by atoms with Gasteiger partial charge in [0.1, 0.15) is 11.1 Å². The van der Waals surface area contributed by atoms with Crippen molar-refractivity contribution in [1.29, 1.82) is 5.26 Å². The molecule has 1 aliphatic rings. The maximum absolute atomic E-state index is 12.2. The fraction of sp³-hybridized carbons (Fsp3) is 0.600. The maximum Gasteiger partial charge on any atom is 0.239 e. The van der Waals surface area contributed by atoms with Crippen LogP contribution in [0.2, 0.25) is 0 Å². The number of hydrogen-bond acceptors (Lipinski definition) is 5. The fourth-order valence-corrected chi connectivity index (χ4v) is 3.25. The second-order valence-corrected chi connectivity index (χ2v) is 6.56. The van der Waals surface area contributed by atoms with E-state index in [1.54, 1.807) is 6.07 Å². The second-order valence-electron chi connectivity index (χ2n) is 5.64. The smallest absolute Gasteiger partial charge is 0.239 e. The molecule has 0 saturated carbocycles. The fourth-order valence-electron chi connectivity index (χ4n) is 2.50. The highest BCUT2D eigenvalue weighted by molar-refractivity contribution is 7.14. The minimum atomic E-state index is -0.0550. The highest BCUT2D eigenvalue weighted by Gasteiger charge is 2.21. The van der Waals surface area contributed by atoms with Crippen LogP contribution in [0, 0.1) is 11.3 Å². The summed E-state index contributed by atoms with van der Waals surface area (Å²) in [5, 5.41) is 17.7. The molecule has 5 nitrogen and oxygen atoms in total. The molecule has 0 aliphatic carbocycles. The van der Waals surface area contributed by atoms with Crippen molar-refractivity contribution < 1.29 is 4.79 Å². The Morgan fingerprint density at radius 2 is 2.48 bits per heavy atom. The average molecular weight is 306 g/mol. The molecule has 1 atom stereocenters. The van der Waals surface area contributed by atoms with Crippen molar-refractivity contribution >= 4 is 22.2 Å². The summed E-state index contributed by atoms with van der Waals surface area (Å²) in [6.07, 6.45) is 2.39. The van der Waals surface area contributed by atoms with E-state index in [0.717, 1.165) is 13.1 Å². The monoisotopic (exact) mass is 306 g/mol. The van der Waals surface area contributed by atoms with Crippen LogP contribution in [-0.2, 0) is 4.79 Å². The Balaban J connectivity index is 1.90. The molecule has 1 unspecified atom stereocenters. The van der Waals surface area contributed by atoms with Crippen LogP contribution in [0.5, 0.6) is 0 Å². The molecular formula is C15H22N4OS. The molecule has 0 radical (unpaired) electrons. The number of nitrogens with zero attached hydrogens (tertiary/aromatic N) is 2. The minimum Gasteiger partial charge on any atom is -0.315 e. The summed E-state index contributed by atoms with van der Waals surface area (Å²) in [5.41, 5.74) is 0.530. The molecule has 1 fully saturated rings. The van der Waals surface area contributed by atoms with E-state index in [9.17, 15) is 4.79 Å². The second kappa shape index (κ2) is 7.55. The van der Waals surface area contributed by atoms with Gasteiger partial charge in [0.2, 0.25) is 5.91 Å². The molecule has 1 aromatic rings. The summed E-state index contributed by atoms with van der Waals surface area (Å²) in [4.78, 5) is 14.4. The zero-order chi connectivity index (χ0) is 15.2. The Morgan fingerprint density at radius 1 is 1.67 bits per heavy atom. The number of nitriles is 1. The quantitative estimate of drug-likeness (QED) is 0.844. The molecule has 1 amide bonds. The van der Waals surface area contributed by atoms with Gasteiger partial charge in [0.05, 0.1) is 12.1 Å². The first-order valence-electron chi connectivity index (χ1n) is 7.35. The predicted octanol–water partition coefficient (Wildman–Crippen LogP) is 2.02. The average Bonchev–Trinajstić information content (AvgIpc) is 3.09. The van der Waals surface area contributed by atoms with Gasteiger partial charge in [-0.25, -0.2) is 0 Å². The first kappa shape index (κ1) is 16.0. The van der Waals surface area contributed by atoms with Gasteiger partial charge < -0.3 is 10.6 Å². The van der Waals surface area contributed by atoms with Crippen LogP contribution in [0.4, 0.5) is 5.00 Å². The van der Waals surface area contributed by atoms with Gasteiger partial charge in [-0.05, 0) is 44.7 Å². The van der Waals surface area contributed by atoms with Crippen molar-refractivity contribution in [3.05, 3.63) is 17.0 Å². The van der Waals surface area contributed by atoms with E-state index < -0.39 is 0 Å². The van der Waals surface area contributed by atoms with Crippen molar-refractivity contribution in [2.24, 2.45) is 0 Å². The number of thiophene rings is 1. The summed E-state index contributed by atoms with van der Waals surface area (Å²) >= 11 is 1.39. The predicted molar refractivity (Wildman–Crippen MR) is 85.4 cm³/mol. The summed E-state index contributed by atoms with van der Waals surface area (Å²) in [5.74, 6) is -0.0550. The lowest BCUT2D eigenvalue weighted by molar-refractivity contribution is -0.117. The van der Waals surface area contributed by atoms with Crippen LogP contribution in [0.15, 0.2) is 11.4 Å². The van der Waals surface area contributed by atoms with E-state index in [1.165, 1.54) is 24.2 Å². The highest BCUT2D eigenvalue weighted by Crippen LogP contribution is 2.22. The Bertz CT molecular complexity index is 514. The third-order valence-corrected chi connectivity index (χ3v) is 4.56. The summed E-state index contributed by atoms with van der Waals surface area (Å²) in [6.45, 7) is 6.53. The minimum absolute atomic E-state index is 0.0550. The third-order valence-electron chi connectivity index (χ3n) is 3.73. The van der Waals surface area contributed by atoms with E-state index in [2.05, 4.69) is 35.5 Å². The van der Waals surface area contributed by atoms with Gasteiger partial charge in [0.15, 0.2) is 0 Å². The number of anilines is 1. The third kappa shape index (κ3) is 4.53. The number of nitrogens with one attached hydrogen (secondary N) is 2. The van der Waals surface area contributed by atoms with Crippen molar-refractivity contribution in [1.82, 2.24) is 10.2 Å². The number of carbonyl (C=O) groups excluding carboxylic acids is 1. The van der Waals surface area contributed by atoms with Crippen molar-refractivity contribution in [2.45, 2.75) is 38.8 Å². The lowest BCUT2D eigenvalue weighted by Crippen LogP contribution is -2.44. The molecule has 2 N–H and O–H groups in total. The number of amides is 1. The molecule has 1 saturated heterocycles. The van der Waals surface area contributed by atoms with Crippen LogP contribution in [-0.4, -0.2) is 42.5 Å². The molecule has 1 aromatic heterocycles. The SMILES string of the molecule is CC(C)N(CC(=O)Nc1sccc1C#N)CC1CCCN1. The van der Waals surface area contributed by atoms with Crippen molar-refractivity contribution in [3.63, 3.8) is 0 Å². The molecular weight excluding hydrogens is 284 g/mol. The van der Waals surface area contributed by atoms with Crippen molar-refractivity contribution in [2.75, 3.05) is 25.0 Å². The van der Waals surface area contributed by atoms with Gasteiger partial charge in [0, 0.05) is 18.6 Å². The molecule has 0 bridgehead atoms. The van der Waals surface area contributed by atoms with E-state index in [0.29, 0.717) is 29.2 Å². The normalized spacial score (nSPS) is 18.1. The molecule has 2 heterocycles. The van der Waals surface area contributed by atoms with Gasteiger partial charge in [-0.15, -0.1) is 11.3 Å². The molecule has 2 rings (SSSR count). The maximum atomic E-state index is 12.2. The van der Waals surface area contributed by atoms with Crippen LogP contribution in [0.25, 0.3) is 0 Å². The zero-order valence-corrected chi connectivity index (χ0v) is 13.4. The Morgan fingerprint density at radius 3 is 3.10 bits per heavy atom. The highest BCUT2D eigenvalue weighted by atomic mass is 32.1. The Hall–Kier alpha value is -1.42. The van der Waals surface area contributed by atoms with Crippen LogP contribution in [0.1, 0.15) is 32.3 Å². The van der Waals surface area contributed by atoms with Gasteiger partial charge in [-0.1, -0.05) is 0 Å². The van der Waals surface area contributed by atoms with Gasteiger partial charge in [0.25, 0.3) is 0 Å². The first-order chi connectivity index (χ1) is 10.1. The molecule has 0 aromatic carbocycles. The first-order valence-corrected chi connectivity index (χ1v) is 8.23. The summed E-state index contributed by atoms with van der Waals surface area (Å²) in [7, 11) is 0. The Labute approximate surface area is 129 Å². The number of hydrogen-bond donors (Lipinski definition) is 2. The molecule has 6 heteroatoms. The Kier molecular flexibility index (Phi) is 5.74. The largest absolute Gasteiger partial charge is 0.315 e. The van der Waals surface area contributed by atoms with E-state index in [4.69, 9.17) is 5.26 Å². The zero-order valence-electron chi connectivity index (χ0n) is 12.6. The topological polar surface area (TPSA) is 68.2 Å². The van der Waals surface area contributed by atoms with Crippen molar-refractivity contribution in [3.8, 4) is 6.07 Å². The van der Waals surface area contributed by atoms with Gasteiger partial charge >= 0.3 is 0 Å². The molecule has 1 aliphatic heterocycles. The number of carbonyl (C=O) groups is 1. The van der Waals surface area contributed by atoms with E-state index >= 15 is 0 Å². The van der Waals surface area contributed by atoms with Crippen LogP contribution in [0.3, 0.4) is 0 Å².